The van der Waals surface area contributed by atoms with Crippen molar-refractivity contribution in [2.45, 2.75) is 96.1 Å². The first-order valence-electron chi connectivity index (χ1n) is 11.9. The highest BCUT2D eigenvalue weighted by Crippen LogP contribution is 2.39. The van der Waals surface area contributed by atoms with Gasteiger partial charge in [0.05, 0.1) is 30.5 Å². The Hall–Kier alpha value is -0.810. The topological polar surface area (TPSA) is 118 Å². The van der Waals surface area contributed by atoms with Gasteiger partial charge in [-0.3, -0.25) is 0 Å². The predicted molar refractivity (Wildman–Crippen MR) is 121 cm³/mol. The lowest BCUT2D eigenvalue weighted by Crippen LogP contribution is -2.64. The summed E-state index contributed by atoms with van der Waals surface area (Å²) in [6.07, 6.45) is -0.812. The molecule has 1 saturated heterocycles. The van der Waals surface area contributed by atoms with Crippen molar-refractivity contribution in [3.05, 3.63) is 0 Å². The molecule has 0 aromatic rings. The highest BCUT2D eigenvalue weighted by atomic mass is 16.7. The second kappa shape index (κ2) is 14.5. The highest BCUT2D eigenvalue weighted by Gasteiger charge is 2.54. The molecule has 1 aliphatic rings. The van der Waals surface area contributed by atoms with Gasteiger partial charge in [0, 0.05) is 12.5 Å². The Morgan fingerprint density at radius 2 is 1.78 bits per heavy atom. The Bertz CT molecular complexity index is 524. The van der Waals surface area contributed by atoms with Gasteiger partial charge in [-0.25, -0.2) is 4.79 Å². The predicted octanol–water partition coefficient (Wildman–Crippen LogP) is 1.88. The van der Waals surface area contributed by atoms with E-state index < -0.39 is 48.7 Å². The smallest absolute Gasteiger partial charge is 0.329 e. The lowest BCUT2D eigenvalue weighted by Gasteiger charge is -2.50. The number of ether oxygens (including phenoxy) is 4. The van der Waals surface area contributed by atoms with Crippen LogP contribution in [0.2, 0.25) is 0 Å². The van der Waals surface area contributed by atoms with Crippen LogP contribution >= 0.6 is 0 Å². The molecule has 0 radical (unpaired) electrons. The van der Waals surface area contributed by atoms with Crippen LogP contribution in [0.1, 0.15) is 59.8 Å². The maximum Gasteiger partial charge on any atom is 0.329 e. The zero-order valence-electron chi connectivity index (χ0n) is 20.7. The van der Waals surface area contributed by atoms with E-state index in [0.29, 0.717) is 19.4 Å². The van der Waals surface area contributed by atoms with Crippen LogP contribution in [0.3, 0.4) is 0 Å². The number of rotatable bonds is 16. The van der Waals surface area contributed by atoms with E-state index in [1.807, 2.05) is 41.8 Å². The summed E-state index contributed by atoms with van der Waals surface area (Å²) in [5.74, 6) is -1.87. The fraction of sp³-hybridized carbons (Fsp3) is 0.957. The normalized spacial score (nSPS) is 26.8. The SMILES string of the molecule is CCC(CC)OC1OC(COCCCN(C)C)C(C(O)(CC)CC)C(O)C1OCC(=O)O. The van der Waals surface area contributed by atoms with E-state index >= 15 is 0 Å². The molecule has 0 aromatic carbocycles. The minimum Gasteiger partial charge on any atom is -0.480 e. The zero-order valence-corrected chi connectivity index (χ0v) is 20.7. The molecule has 32 heavy (non-hydrogen) atoms. The van der Waals surface area contributed by atoms with E-state index in [1.54, 1.807) is 0 Å². The van der Waals surface area contributed by atoms with Gasteiger partial charge in [0.25, 0.3) is 0 Å². The molecule has 0 aromatic heterocycles. The van der Waals surface area contributed by atoms with Gasteiger partial charge in [0.2, 0.25) is 0 Å². The van der Waals surface area contributed by atoms with Gasteiger partial charge in [-0.15, -0.1) is 0 Å². The molecule has 0 bridgehead atoms. The Balaban J connectivity index is 3.11. The van der Waals surface area contributed by atoms with Crippen LogP contribution < -0.4 is 0 Å². The molecule has 0 saturated carbocycles. The van der Waals surface area contributed by atoms with Crippen molar-refractivity contribution in [2.24, 2.45) is 5.92 Å². The molecule has 0 amide bonds. The number of aliphatic hydroxyl groups is 2. The Kier molecular flexibility index (Phi) is 13.2. The second-order valence-electron chi connectivity index (χ2n) is 8.85. The molecule has 0 aliphatic carbocycles. The molecule has 9 nitrogen and oxygen atoms in total. The Labute approximate surface area is 193 Å². The van der Waals surface area contributed by atoms with Crippen LogP contribution in [0.4, 0.5) is 0 Å². The van der Waals surface area contributed by atoms with Crippen molar-refractivity contribution >= 4 is 5.97 Å². The second-order valence-corrected chi connectivity index (χ2v) is 8.85. The molecule has 5 atom stereocenters. The van der Waals surface area contributed by atoms with Crippen molar-refractivity contribution < 1.29 is 39.1 Å². The summed E-state index contributed by atoms with van der Waals surface area (Å²) in [7, 11) is 3.99. The van der Waals surface area contributed by atoms with Crippen molar-refractivity contribution in [1.82, 2.24) is 4.90 Å². The van der Waals surface area contributed by atoms with Crippen LogP contribution in [0, 0.1) is 5.92 Å². The highest BCUT2D eigenvalue weighted by molar-refractivity contribution is 5.68. The van der Waals surface area contributed by atoms with Gasteiger partial charge in [-0.05, 0) is 52.7 Å². The summed E-state index contributed by atoms with van der Waals surface area (Å²) in [5, 5.41) is 31.7. The summed E-state index contributed by atoms with van der Waals surface area (Å²) < 4.78 is 23.7. The molecule has 3 N–H and O–H groups in total. The number of carbonyl (C=O) groups is 1. The summed E-state index contributed by atoms with van der Waals surface area (Å²) >= 11 is 0. The third-order valence-corrected chi connectivity index (χ3v) is 6.34. The number of carboxylic acids is 1. The number of hydrogen-bond acceptors (Lipinski definition) is 8. The number of aliphatic hydroxyl groups excluding tert-OH is 1. The van der Waals surface area contributed by atoms with E-state index in [9.17, 15) is 15.0 Å². The molecule has 190 valence electrons. The number of aliphatic carboxylic acids is 1. The fourth-order valence-electron chi connectivity index (χ4n) is 4.26. The van der Waals surface area contributed by atoms with Crippen LogP contribution in [0.25, 0.3) is 0 Å². The van der Waals surface area contributed by atoms with E-state index in [1.165, 1.54) is 0 Å². The molecule has 1 fully saturated rings. The lowest BCUT2D eigenvalue weighted by atomic mass is 9.73. The minimum atomic E-state index is -1.22. The number of hydrogen-bond donors (Lipinski definition) is 3. The maximum absolute atomic E-state index is 11.3. The summed E-state index contributed by atoms with van der Waals surface area (Å²) in [6, 6.07) is 0. The first-order valence-corrected chi connectivity index (χ1v) is 11.9. The quantitative estimate of drug-likeness (QED) is 0.295. The monoisotopic (exact) mass is 463 g/mol. The molecule has 1 heterocycles. The summed E-state index contributed by atoms with van der Waals surface area (Å²) in [6.45, 7) is 8.68. The van der Waals surface area contributed by atoms with Gasteiger partial charge in [-0.2, -0.15) is 0 Å². The van der Waals surface area contributed by atoms with E-state index in [-0.39, 0.29) is 12.7 Å². The summed E-state index contributed by atoms with van der Waals surface area (Å²) in [5.41, 5.74) is -1.22. The first kappa shape index (κ1) is 29.2. The van der Waals surface area contributed by atoms with Gasteiger partial charge in [0.15, 0.2) is 6.29 Å². The molecule has 0 spiro atoms. The van der Waals surface area contributed by atoms with Crippen LogP contribution in [-0.2, 0) is 23.7 Å². The Morgan fingerprint density at radius 1 is 1.16 bits per heavy atom. The van der Waals surface area contributed by atoms with E-state index in [0.717, 1.165) is 25.8 Å². The summed E-state index contributed by atoms with van der Waals surface area (Å²) in [4.78, 5) is 13.2. The molecule has 1 aliphatic heterocycles. The average molecular weight is 464 g/mol. The number of nitrogens with zero attached hydrogens (tertiary/aromatic N) is 1. The van der Waals surface area contributed by atoms with Gasteiger partial charge in [0.1, 0.15) is 12.7 Å². The third-order valence-electron chi connectivity index (χ3n) is 6.34. The molecule has 5 unspecified atom stereocenters. The van der Waals surface area contributed by atoms with Crippen molar-refractivity contribution in [3.8, 4) is 0 Å². The van der Waals surface area contributed by atoms with Crippen LogP contribution in [-0.4, -0.2) is 103 Å². The largest absolute Gasteiger partial charge is 0.480 e. The van der Waals surface area contributed by atoms with Crippen LogP contribution in [0.5, 0.6) is 0 Å². The van der Waals surface area contributed by atoms with Crippen molar-refractivity contribution in [1.29, 1.82) is 0 Å². The third kappa shape index (κ3) is 8.52. The van der Waals surface area contributed by atoms with Crippen molar-refractivity contribution in [3.63, 3.8) is 0 Å². The average Bonchev–Trinajstić information content (AvgIpc) is 2.75. The first-order chi connectivity index (χ1) is 15.1. The molecule has 1 rings (SSSR count). The van der Waals surface area contributed by atoms with Crippen molar-refractivity contribution in [2.75, 3.05) is 40.5 Å². The van der Waals surface area contributed by atoms with Gasteiger partial charge >= 0.3 is 5.97 Å². The van der Waals surface area contributed by atoms with Crippen LogP contribution in [0.15, 0.2) is 0 Å². The number of carboxylic acid groups (broad SMARTS) is 1. The molecule has 9 heteroatoms. The lowest BCUT2D eigenvalue weighted by molar-refractivity contribution is -0.329. The minimum absolute atomic E-state index is 0.127. The maximum atomic E-state index is 11.3. The van der Waals surface area contributed by atoms with E-state index in [4.69, 9.17) is 24.1 Å². The molecular formula is C23H45NO8. The fourth-order valence-corrected chi connectivity index (χ4v) is 4.26. The van der Waals surface area contributed by atoms with E-state index in [2.05, 4.69) is 4.90 Å². The van der Waals surface area contributed by atoms with Gasteiger partial charge < -0.3 is 39.2 Å². The Morgan fingerprint density at radius 3 is 2.28 bits per heavy atom. The van der Waals surface area contributed by atoms with Gasteiger partial charge in [-0.1, -0.05) is 27.7 Å². The zero-order chi connectivity index (χ0) is 24.3. The molecular weight excluding hydrogens is 418 g/mol. The standard InChI is InChI=1S/C23H45NO8/c1-7-16(8-2)31-22-21(30-15-18(25)26)20(27)19(23(28,9-3)10-4)17(32-22)14-29-13-11-12-24(5)6/h16-17,19-22,27-28H,7-15H2,1-6H3,(H,25,26).